The standard InChI is InChI=1S/C27H32N6O4/c1-27(2)23-22(18-33(27)26(36)32-13-11-31(12-14-32)15-16-34)24(30-29-23)28-25(35)19-7-6-10-21(17-19)37-20-8-4-3-5-9-20/h3-10,17,34H,11-16,18H2,1-2H3,(H2,28,29,30,35). The van der Waals surface area contributed by atoms with E-state index in [0.717, 1.165) is 24.3 Å². The number of nitrogens with one attached hydrogen (secondary N) is 2. The van der Waals surface area contributed by atoms with Crippen molar-refractivity contribution in [3.63, 3.8) is 0 Å². The summed E-state index contributed by atoms with van der Waals surface area (Å²) < 4.78 is 5.86. The van der Waals surface area contributed by atoms with E-state index in [1.807, 2.05) is 54.0 Å². The number of benzene rings is 2. The number of β-amino-alcohol motifs (C(OH)–C–C–N with tert-alkyl or cyclic N) is 1. The van der Waals surface area contributed by atoms with Gasteiger partial charge < -0.3 is 25.0 Å². The minimum Gasteiger partial charge on any atom is -0.457 e. The van der Waals surface area contributed by atoms with Crippen LogP contribution in [-0.4, -0.2) is 81.3 Å². The summed E-state index contributed by atoms with van der Waals surface area (Å²) in [5.74, 6) is 1.36. The van der Waals surface area contributed by atoms with Crippen LogP contribution in [0.15, 0.2) is 54.6 Å². The molecule has 2 aromatic carbocycles. The molecule has 0 aliphatic carbocycles. The summed E-state index contributed by atoms with van der Waals surface area (Å²) in [6.45, 7) is 7.75. The molecular formula is C27H32N6O4. The van der Waals surface area contributed by atoms with E-state index in [2.05, 4.69) is 20.4 Å². The second-order valence-corrected chi connectivity index (χ2v) is 9.80. The monoisotopic (exact) mass is 504 g/mol. The average Bonchev–Trinajstić information content (AvgIpc) is 3.42. The Morgan fingerprint density at radius 1 is 1.05 bits per heavy atom. The number of para-hydroxylation sites is 1. The van der Waals surface area contributed by atoms with Gasteiger partial charge in [-0.05, 0) is 44.2 Å². The van der Waals surface area contributed by atoms with Crippen molar-refractivity contribution in [2.24, 2.45) is 0 Å². The highest BCUT2D eigenvalue weighted by molar-refractivity contribution is 6.04. The van der Waals surface area contributed by atoms with Gasteiger partial charge in [-0.2, -0.15) is 5.10 Å². The summed E-state index contributed by atoms with van der Waals surface area (Å²) >= 11 is 0. The van der Waals surface area contributed by atoms with Crippen molar-refractivity contribution in [3.05, 3.63) is 71.4 Å². The molecule has 194 valence electrons. The van der Waals surface area contributed by atoms with Gasteiger partial charge in [0.05, 0.1) is 24.4 Å². The number of aliphatic hydroxyl groups excluding tert-OH is 1. The fraction of sp³-hybridized carbons (Fsp3) is 0.370. The molecule has 0 bridgehead atoms. The van der Waals surface area contributed by atoms with Crippen LogP contribution < -0.4 is 10.1 Å². The van der Waals surface area contributed by atoms with Crippen molar-refractivity contribution >= 4 is 17.8 Å². The van der Waals surface area contributed by atoms with Crippen LogP contribution in [0.3, 0.4) is 0 Å². The highest BCUT2D eigenvalue weighted by Crippen LogP contribution is 2.41. The smallest absolute Gasteiger partial charge is 0.321 e. The molecule has 2 aliphatic rings. The predicted molar refractivity (Wildman–Crippen MR) is 139 cm³/mol. The Kier molecular flexibility index (Phi) is 6.86. The first-order valence-corrected chi connectivity index (χ1v) is 12.5. The molecule has 10 heteroatoms. The number of amides is 3. The van der Waals surface area contributed by atoms with Crippen LogP contribution in [-0.2, 0) is 12.1 Å². The molecule has 3 amide bonds. The Balaban J connectivity index is 1.27. The Hall–Kier alpha value is -3.89. The van der Waals surface area contributed by atoms with Gasteiger partial charge >= 0.3 is 6.03 Å². The maximum atomic E-state index is 13.4. The summed E-state index contributed by atoms with van der Waals surface area (Å²) in [5.41, 5.74) is 1.46. The molecule has 37 heavy (non-hydrogen) atoms. The summed E-state index contributed by atoms with van der Waals surface area (Å²) in [6.07, 6.45) is 0. The Morgan fingerprint density at radius 2 is 1.78 bits per heavy atom. The van der Waals surface area contributed by atoms with Crippen LogP contribution in [0.4, 0.5) is 10.6 Å². The van der Waals surface area contributed by atoms with Gasteiger partial charge in [0.1, 0.15) is 11.5 Å². The fourth-order valence-corrected chi connectivity index (χ4v) is 4.91. The van der Waals surface area contributed by atoms with E-state index in [9.17, 15) is 9.59 Å². The molecule has 0 atom stereocenters. The second kappa shape index (κ2) is 10.2. The third kappa shape index (κ3) is 5.03. The molecule has 3 aromatic rings. The lowest BCUT2D eigenvalue weighted by molar-refractivity contribution is 0.0777. The Bertz CT molecular complexity index is 1270. The number of hydrogen-bond donors (Lipinski definition) is 3. The first-order chi connectivity index (χ1) is 17.9. The van der Waals surface area contributed by atoms with Crippen molar-refractivity contribution in [1.29, 1.82) is 0 Å². The quantitative estimate of drug-likeness (QED) is 0.475. The van der Waals surface area contributed by atoms with Gasteiger partial charge in [-0.25, -0.2) is 4.79 Å². The molecule has 0 unspecified atom stereocenters. The molecule has 1 saturated heterocycles. The number of H-pyrrole nitrogens is 1. The number of anilines is 1. The number of hydrogen-bond acceptors (Lipinski definition) is 6. The summed E-state index contributed by atoms with van der Waals surface area (Å²) in [6, 6.07) is 16.3. The number of piperazine rings is 1. The fourth-order valence-electron chi connectivity index (χ4n) is 4.91. The summed E-state index contributed by atoms with van der Waals surface area (Å²) in [4.78, 5) is 32.4. The topological polar surface area (TPSA) is 114 Å². The Morgan fingerprint density at radius 3 is 2.51 bits per heavy atom. The Labute approximate surface area is 215 Å². The number of nitrogens with zero attached hydrogens (tertiary/aromatic N) is 4. The highest BCUT2D eigenvalue weighted by Gasteiger charge is 2.45. The van der Waals surface area contributed by atoms with E-state index < -0.39 is 5.54 Å². The van der Waals surface area contributed by atoms with Crippen molar-refractivity contribution in [2.75, 3.05) is 44.6 Å². The molecule has 0 radical (unpaired) electrons. The van der Waals surface area contributed by atoms with E-state index in [1.165, 1.54) is 0 Å². The van der Waals surface area contributed by atoms with Crippen LogP contribution in [0.25, 0.3) is 0 Å². The van der Waals surface area contributed by atoms with Crippen molar-refractivity contribution in [1.82, 2.24) is 24.9 Å². The van der Waals surface area contributed by atoms with Gasteiger partial charge in [-0.15, -0.1) is 0 Å². The lowest BCUT2D eigenvalue weighted by Gasteiger charge is -2.40. The molecule has 3 heterocycles. The highest BCUT2D eigenvalue weighted by atomic mass is 16.5. The number of rotatable bonds is 6. The summed E-state index contributed by atoms with van der Waals surface area (Å²) in [5, 5.41) is 19.5. The minimum atomic E-state index is -0.603. The number of carbonyl (C=O) groups is 2. The molecule has 0 saturated carbocycles. The van der Waals surface area contributed by atoms with Gasteiger partial charge in [0.2, 0.25) is 0 Å². The number of aromatic nitrogens is 2. The van der Waals surface area contributed by atoms with Gasteiger partial charge in [-0.3, -0.25) is 14.8 Å². The largest absolute Gasteiger partial charge is 0.457 e. The molecule has 3 N–H and O–H groups in total. The summed E-state index contributed by atoms with van der Waals surface area (Å²) in [7, 11) is 0. The van der Waals surface area contributed by atoms with Crippen LogP contribution in [0.1, 0.15) is 35.5 Å². The second-order valence-electron chi connectivity index (χ2n) is 9.80. The van der Waals surface area contributed by atoms with E-state index >= 15 is 0 Å². The maximum absolute atomic E-state index is 13.4. The van der Waals surface area contributed by atoms with E-state index in [1.54, 1.807) is 24.3 Å². The van der Waals surface area contributed by atoms with Crippen molar-refractivity contribution < 1.29 is 19.4 Å². The maximum Gasteiger partial charge on any atom is 0.321 e. The zero-order valence-corrected chi connectivity index (χ0v) is 21.1. The third-order valence-electron chi connectivity index (χ3n) is 7.07. The SMILES string of the molecule is CC1(C)c2[nH]nc(NC(=O)c3cccc(Oc4ccccc4)c3)c2CN1C(=O)N1CCN(CCO)CC1. The molecule has 0 spiro atoms. The van der Waals surface area contributed by atoms with E-state index in [4.69, 9.17) is 9.84 Å². The van der Waals surface area contributed by atoms with Crippen LogP contribution in [0.2, 0.25) is 0 Å². The van der Waals surface area contributed by atoms with Crippen LogP contribution in [0.5, 0.6) is 11.5 Å². The van der Waals surface area contributed by atoms with E-state index in [-0.39, 0.29) is 18.5 Å². The number of urea groups is 1. The normalized spacial score (nSPS) is 16.9. The van der Waals surface area contributed by atoms with Crippen LogP contribution in [0, 0.1) is 0 Å². The van der Waals surface area contributed by atoms with Gasteiger partial charge in [-0.1, -0.05) is 24.3 Å². The zero-order valence-electron chi connectivity index (χ0n) is 21.1. The molecular weight excluding hydrogens is 472 g/mol. The number of carbonyl (C=O) groups excluding carboxylic acids is 2. The number of aliphatic hydroxyl groups is 1. The van der Waals surface area contributed by atoms with Crippen molar-refractivity contribution in [3.8, 4) is 11.5 Å². The average molecular weight is 505 g/mol. The van der Waals surface area contributed by atoms with Gasteiger partial charge in [0.15, 0.2) is 5.82 Å². The minimum absolute atomic E-state index is 0.0405. The number of ether oxygens (including phenoxy) is 1. The zero-order chi connectivity index (χ0) is 26.0. The molecule has 5 rings (SSSR count). The lowest BCUT2D eigenvalue weighted by atomic mass is 10.0. The molecule has 2 aliphatic heterocycles. The molecule has 10 nitrogen and oxygen atoms in total. The first kappa shape index (κ1) is 24.8. The molecule has 1 aromatic heterocycles. The first-order valence-electron chi connectivity index (χ1n) is 12.5. The predicted octanol–water partition coefficient (Wildman–Crippen LogP) is 3.23. The number of aromatic amines is 1. The van der Waals surface area contributed by atoms with Gasteiger partial charge in [0.25, 0.3) is 5.91 Å². The number of fused-ring (bicyclic) bond motifs is 1. The van der Waals surface area contributed by atoms with Gasteiger partial charge in [0, 0.05) is 43.9 Å². The lowest BCUT2D eigenvalue weighted by Crippen LogP contribution is -2.55. The molecule has 1 fully saturated rings. The van der Waals surface area contributed by atoms with Crippen LogP contribution >= 0.6 is 0 Å². The van der Waals surface area contributed by atoms with E-state index in [0.29, 0.717) is 49.1 Å². The third-order valence-corrected chi connectivity index (χ3v) is 7.07. The van der Waals surface area contributed by atoms with Crippen molar-refractivity contribution in [2.45, 2.75) is 25.9 Å².